The molecule has 1 aromatic heterocycles. The normalized spacial score (nSPS) is 12.6. The average Bonchev–Trinajstić information content (AvgIpc) is 2.82. The van der Waals surface area contributed by atoms with Crippen LogP contribution in [-0.4, -0.2) is 16.9 Å². The Kier molecular flexibility index (Phi) is 4.83. The summed E-state index contributed by atoms with van der Waals surface area (Å²) in [6, 6.07) is 8.31. The van der Waals surface area contributed by atoms with Gasteiger partial charge in [0.15, 0.2) is 0 Å². The summed E-state index contributed by atoms with van der Waals surface area (Å²) < 4.78 is 0. The molecule has 0 aliphatic carbocycles. The largest absolute Gasteiger partial charge is 0.351 e. The zero-order valence-corrected chi connectivity index (χ0v) is 12.6. The Morgan fingerprint density at radius 1 is 1.30 bits per heavy atom. The van der Waals surface area contributed by atoms with Crippen LogP contribution < -0.4 is 5.32 Å². The Morgan fingerprint density at radius 2 is 2.10 bits per heavy atom. The minimum atomic E-state index is -0.0112. The van der Waals surface area contributed by atoms with Crippen LogP contribution in [0.4, 0.5) is 0 Å². The second-order valence-corrected chi connectivity index (χ2v) is 5.64. The van der Waals surface area contributed by atoms with Gasteiger partial charge in [-0.05, 0) is 38.5 Å². The molecule has 0 aliphatic heterocycles. The maximum atomic E-state index is 12.2. The van der Waals surface area contributed by atoms with Crippen molar-refractivity contribution < 1.29 is 4.79 Å². The first-order chi connectivity index (χ1) is 9.60. The van der Waals surface area contributed by atoms with E-state index in [0.29, 0.717) is 5.69 Å². The van der Waals surface area contributed by atoms with Gasteiger partial charge in [0.1, 0.15) is 5.69 Å². The molecule has 2 aromatic rings. The predicted octanol–water partition coefficient (Wildman–Crippen LogP) is 4.17. The third-order valence-corrected chi connectivity index (χ3v) is 3.64. The molecule has 1 heterocycles. The van der Waals surface area contributed by atoms with E-state index < -0.39 is 0 Å². The fourth-order valence-corrected chi connectivity index (χ4v) is 2.45. The number of hydrogen-bond donors (Lipinski definition) is 2. The molecule has 108 valence electrons. The van der Waals surface area contributed by atoms with Gasteiger partial charge in [0.25, 0.3) is 5.91 Å². The number of carbonyl (C=O) groups excluding carboxylic acids is 1. The molecule has 3 heteroatoms. The molecule has 1 aromatic carbocycles. The average molecular weight is 272 g/mol. The first-order valence-electron chi connectivity index (χ1n) is 7.50. The van der Waals surface area contributed by atoms with Crippen LogP contribution >= 0.6 is 0 Å². The van der Waals surface area contributed by atoms with Crippen molar-refractivity contribution in [3.63, 3.8) is 0 Å². The molecule has 2 rings (SSSR count). The molecule has 0 unspecified atom stereocenters. The summed E-state index contributed by atoms with van der Waals surface area (Å²) in [6.45, 7) is 6.32. The standard InChI is InChI=1S/C17H24N2O/c1-4-5-6-7-13(3)18-17(20)16-11-14-10-12(2)8-9-15(14)19-16/h8-11,13,19H,4-7H2,1-3H3,(H,18,20)/t13-/m1/s1. The minimum Gasteiger partial charge on any atom is -0.351 e. The van der Waals surface area contributed by atoms with Crippen molar-refractivity contribution in [1.82, 2.24) is 10.3 Å². The molecule has 2 N–H and O–H groups in total. The Balaban J connectivity index is 2.00. The van der Waals surface area contributed by atoms with E-state index in [1.807, 2.05) is 18.2 Å². The summed E-state index contributed by atoms with van der Waals surface area (Å²) >= 11 is 0. The summed E-state index contributed by atoms with van der Waals surface area (Å²) in [5, 5.41) is 4.15. The van der Waals surface area contributed by atoms with Crippen LogP contribution in [0.1, 0.15) is 55.6 Å². The summed E-state index contributed by atoms with van der Waals surface area (Å²) in [6.07, 6.45) is 4.65. The zero-order chi connectivity index (χ0) is 14.5. The minimum absolute atomic E-state index is 0.0112. The molecule has 0 radical (unpaired) electrons. The van der Waals surface area contributed by atoms with Crippen molar-refractivity contribution in [3.8, 4) is 0 Å². The number of hydrogen-bond acceptors (Lipinski definition) is 1. The van der Waals surface area contributed by atoms with E-state index in [1.54, 1.807) is 0 Å². The van der Waals surface area contributed by atoms with Gasteiger partial charge in [-0.1, -0.05) is 37.8 Å². The fourth-order valence-electron chi connectivity index (χ4n) is 2.45. The molecule has 0 saturated carbocycles. The highest BCUT2D eigenvalue weighted by Gasteiger charge is 2.12. The quantitative estimate of drug-likeness (QED) is 0.761. The number of amides is 1. The van der Waals surface area contributed by atoms with Gasteiger partial charge < -0.3 is 10.3 Å². The smallest absolute Gasteiger partial charge is 0.267 e. The van der Waals surface area contributed by atoms with Gasteiger partial charge in [-0.15, -0.1) is 0 Å². The maximum Gasteiger partial charge on any atom is 0.267 e. The molecule has 1 atom stereocenters. The van der Waals surface area contributed by atoms with Crippen LogP contribution in [-0.2, 0) is 0 Å². The topological polar surface area (TPSA) is 44.9 Å². The van der Waals surface area contributed by atoms with E-state index in [-0.39, 0.29) is 11.9 Å². The number of benzene rings is 1. The van der Waals surface area contributed by atoms with Crippen molar-refractivity contribution >= 4 is 16.8 Å². The van der Waals surface area contributed by atoms with Crippen molar-refractivity contribution in [2.75, 3.05) is 0 Å². The van der Waals surface area contributed by atoms with Gasteiger partial charge >= 0.3 is 0 Å². The van der Waals surface area contributed by atoms with Crippen molar-refractivity contribution in [1.29, 1.82) is 0 Å². The molecule has 1 amide bonds. The van der Waals surface area contributed by atoms with E-state index in [0.717, 1.165) is 17.3 Å². The zero-order valence-electron chi connectivity index (χ0n) is 12.6. The predicted molar refractivity (Wildman–Crippen MR) is 84.1 cm³/mol. The van der Waals surface area contributed by atoms with Gasteiger partial charge in [-0.3, -0.25) is 4.79 Å². The lowest BCUT2D eigenvalue weighted by Gasteiger charge is -2.12. The van der Waals surface area contributed by atoms with Gasteiger partial charge in [0.2, 0.25) is 0 Å². The van der Waals surface area contributed by atoms with E-state index in [4.69, 9.17) is 0 Å². The van der Waals surface area contributed by atoms with E-state index in [2.05, 4.69) is 37.1 Å². The number of aryl methyl sites for hydroxylation is 1. The van der Waals surface area contributed by atoms with Crippen LogP contribution in [0.5, 0.6) is 0 Å². The first-order valence-corrected chi connectivity index (χ1v) is 7.50. The number of aromatic amines is 1. The summed E-state index contributed by atoms with van der Waals surface area (Å²) in [5.41, 5.74) is 2.86. The van der Waals surface area contributed by atoms with Crippen LogP contribution in [0.15, 0.2) is 24.3 Å². The molecular weight excluding hydrogens is 248 g/mol. The molecule has 0 bridgehead atoms. The number of H-pyrrole nitrogens is 1. The van der Waals surface area contributed by atoms with Gasteiger partial charge in [0, 0.05) is 16.9 Å². The number of carbonyl (C=O) groups is 1. The second kappa shape index (κ2) is 6.60. The Bertz CT molecular complexity index is 586. The van der Waals surface area contributed by atoms with Crippen LogP contribution in [0, 0.1) is 6.92 Å². The maximum absolute atomic E-state index is 12.2. The van der Waals surface area contributed by atoms with Gasteiger partial charge in [-0.2, -0.15) is 0 Å². The van der Waals surface area contributed by atoms with Crippen LogP contribution in [0.2, 0.25) is 0 Å². The lowest BCUT2D eigenvalue weighted by Crippen LogP contribution is -2.32. The van der Waals surface area contributed by atoms with E-state index >= 15 is 0 Å². The van der Waals surface area contributed by atoms with E-state index in [9.17, 15) is 4.79 Å². The Labute approximate surface area is 120 Å². The lowest BCUT2D eigenvalue weighted by molar-refractivity contribution is 0.0933. The molecule has 0 saturated heterocycles. The monoisotopic (exact) mass is 272 g/mol. The van der Waals surface area contributed by atoms with Crippen LogP contribution in [0.25, 0.3) is 10.9 Å². The van der Waals surface area contributed by atoms with E-state index in [1.165, 1.54) is 24.8 Å². The molecule has 0 spiro atoms. The van der Waals surface area contributed by atoms with Crippen LogP contribution in [0.3, 0.4) is 0 Å². The Hall–Kier alpha value is -1.77. The first kappa shape index (κ1) is 14.6. The molecule has 20 heavy (non-hydrogen) atoms. The highest BCUT2D eigenvalue weighted by Crippen LogP contribution is 2.17. The summed E-state index contributed by atoms with van der Waals surface area (Å²) in [5.74, 6) is -0.0112. The number of nitrogens with one attached hydrogen (secondary N) is 2. The molecular formula is C17H24N2O. The number of unbranched alkanes of at least 4 members (excludes halogenated alkanes) is 2. The van der Waals surface area contributed by atoms with Crippen molar-refractivity contribution in [2.24, 2.45) is 0 Å². The van der Waals surface area contributed by atoms with Gasteiger partial charge in [-0.25, -0.2) is 0 Å². The number of aromatic nitrogens is 1. The third kappa shape index (κ3) is 3.62. The van der Waals surface area contributed by atoms with Gasteiger partial charge in [0.05, 0.1) is 0 Å². The van der Waals surface area contributed by atoms with Crippen molar-refractivity contribution in [2.45, 2.75) is 52.5 Å². The second-order valence-electron chi connectivity index (χ2n) is 5.64. The summed E-state index contributed by atoms with van der Waals surface area (Å²) in [7, 11) is 0. The molecule has 0 aliphatic rings. The highest BCUT2D eigenvalue weighted by molar-refractivity contribution is 5.98. The van der Waals surface area contributed by atoms with Crippen molar-refractivity contribution in [3.05, 3.63) is 35.5 Å². The number of fused-ring (bicyclic) bond motifs is 1. The SMILES string of the molecule is CCCCC[C@@H](C)NC(=O)c1cc2cc(C)ccc2[nH]1. The fraction of sp³-hybridized carbons (Fsp3) is 0.471. The lowest BCUT2D eigenvalue weighted by atomic mass is 10.1. The third-order valence-electron chi connectivity index (χ3n) is 3.64. The highest BCUT2D eigenvalue weighted by atomic mass is 16.1. The number of rotatable bonds is 6. The molecule has 3 nitrogen and oxygen atoms in total. The summed E-state index contributed by atoms with van der Waals surface area (Å²) in [4.78, 5) is 15.4. The molecule has 0 fully saturated rings. The Morgan fingerprint density at radius 3 is 2.85 bits per heavy atom.